The van der Waals surface area contributed by atoms with Gasteiger partial charge in [0.05, 0.1) is 6.04 Å². The molecule has 1 saturated carbocycles. The minimum atomic E-state index is -0.144. The van der Waals surface area contributed by atoms with E-state index in [0.717, 1.165) is 17.9 Å². The van der Waals surface area contributed by atoms with Crippen molar-refractivity contribution in [2.45, 2.75) is 57.7 Å². The zero-order valence-corrected chi connectivity index (χ0v) is 13.1. The number of hydrogen-bond donors (Lipinski definition) is 2. The minimum Gasteiger partial charge on any atom is -0.353 e. The summed E-state index contributed by atoms with van der Waals surface area (Å²) in [5.41, 5.74) is 1.23. The van der Waals surface area contributed by atoms with E-state index in [2.05, 4.69) is 16.7 Å². The van der Waals surface area contributed by atoms with Gasteiger partial charge >= 0.3 is 0 Å². The van der Waals surface area contributed by atoms with Crippen LogP contribution in [0.5, 0.6) is 0 Å². The minimum absolute atomic E-state index is 0.0705. The molecular formula is C16H23ClN2O. The Bertz CT molecular complexity index is 469. The molecule has 0 saturated heterocycles. The van der Waals surface area contributed by atoms with Gasteiger partial charge in [0, 0.05) is 17.1 Å². The Kier molecular flexibility index (Phi) is 5.06. The van der Waals surface area contributed by atoms with E-state index in [0.29, 0.717) is 12.0 Å². The third-order valence-electron chi connectivity index (χ3n) is 3.79. The van der Waals surface area contributed by atoms with Crippen LogP contribution in [0.15, 0.2) is 24.3 Å². The number of benzene rings is 1. The number of carbonyl (C=O) groups is 1. The SMILES string of the molecule is CC(C)NC(=O)C(C)NC1CC(c2ccccc2Cl)C1. The van der Waals surface area contributed by atoms with E-state index in [1.165, 1.54) is 5.56 Å². The highest BCUT2D eigenvalue weighted by Crippen LogP contribution is 2.39. The molecule has 0 heterocycles. The lowest BCUT2D eigenvalue weighted by atomic mass is 9.75. The Balaban J connectivity index is 1.79. The molecule has 1 unspecified atom stereocenters. The van der Waals surface area contributed by atoms with Crippen LogP contribution >= 0.6 is 11.6 Å². The van der Waals surface area contributed by atoms with Crippen molar-refractivity contribution in [3.05, 3.63) is 34.9 Å². The summed E-state index contributed by atoms with van der Waals surface area (Å²) < 4.78 is 0. The average Bonchev–Trinajstić information content (AvgIpc) is 2.33. The molecule has 110 valence electrons. The highest BCUT2D eigenvalue weighted by atomic mass is 35.5. The van der Waals surface area contributed by atoms with E-state index in [-0.39, 0.29) is 18.0 Å². The van der Waals surface area contributed by atoms with Crippen LogP contribution in [0.25, 0.3) is 0 Å². The molecule has 0 spiro atoms. The Labute approximate surface area is 126 Å². The molecule has 1 amide bonds. The van der Waals surface area contributed by atoms with Crippen molar-refractivity contribution in [3.8, 4) is 0 Å². The first-order valence-corrected chi connectivity index (χ1v) is 7.66. The van der Waals surface area contributed by atoms with Gasteiger partial charge in [0.1, 0.15) is 0 Å². The largest absolute Gasteiger partial charge is 0.353 e. The molecule has 1 aromatic rings. The predicted octanol–water partition coefficient (Wildman–Crippen LogP) is 3.09. The van der Waals surface area contributed by atoms with Gasteiger partial charge in [-0.1, -0.05) is 29.8 Å². The van der Waals surface area contributed by atoms with Gasteiger partial charge < -0.3 is 10.6 Å². The fourth-order valence-electron chi connectivity index (χ4n) is 2.65. The molecular weight excluding hydrogens is 272 g/mol. The van der Waals surface area contributed by atoms with Gasteiger partial charge in [-0.3, -0.25) is 4.79 Å². The van der Waals surface area contributed by atoms with Crippen LogP contribution in [0, 0.1) is 0 Å². The first-order valence-electron chi connectivity index (χ1n) is 7.28. The van der Waals surface area contributed by atoms with Crippen LogP contribution in [0.4, 0.5) is 0 Å². The quantitative estimate of drug-likeness (QED) is 0.876. The van der Waals surface area contributed by atoms with E-state index < -0.39 is 0 Å². The molecule has 1 fully saturated rings. The van der Waals surface area contributed by atoms with Crippen LogP contribution in [0.3, 0.4) is 0 Å². The molecule has 0 radical (unpaired) electrons. The van der Waals surface area contributed by atoms with E-state index >= 15 is 0 Å². The van der Waals surface area contributed by atoms with Gasteiger partial charge in [-0.05, 0) is 51.2 Å². The van der Waals surface area contributed by atoms with Crippen molar-refractivity contribution < 1.29 is 4.79 Å². The fourth-order valence-corrected chi connectivity index (χ4v) is 2.94. The number of carbonyl (C=O) groups excluding carboxylic acids is 1. The molecule has 20 heavy (non-hydrogen) atoms. The maximum absolute atomic E-state index is 11.8. The van der Waals surface area contributed by atoms with Crippen LogP contribution in [-0.4, -0.2) is 24.0 Å². The zero-order chi connectivity index (χ0) is 14.7. The second-order valence-corrected chi connectivity index (χ2v) is 6.35. The molecule has 4 heteroatoms. The van der Waals surface area contributed by atoms with E-state index in [4.69, 9.17) is 11.6 Å². The summed E-state index contributed by atoms with van der Waals surface area (Å²) in [5, 5.41) is 7.16. The lowest BCUT2D eigenvalue weighted by molar-refractivity contribution is -0.123. The van der Waals surface area contributed by atoms with Gasteiger partial charge in [-0.2, -0.15) is 0 Å². The second kappa shape index (κ2) is 6.59. The van der Waals surface area contributed by atoms with Crippen LogP contribution < -0.4 is 10.6 Å². The monoisotopic (exact) mass is 294 g/mol. The van der Waals surface area contributed by atoms with Crippen LogP contribution in [-0.2, 0) is 4.79 Å². The third-order valence-corrected chi connectivity index (χ3v) is 4.14. The average molecular weight is 295 g/mol. The topological polar surface area (TPSA) is 41.1 Å². The Morgan fingerprint density at radius 3 is 2.50 bits per heavy atom. The molecule has 0 bridgehead atoms. The van der Waals surface area contributed by atoms with Crippen LogP contribution in [0.1, 0.15) is 45.1 Å². The second-order valence-electron chi connectivity index (χ2n) is 5.94. The Hall–Kier alpha value is -1.06. The molecule has 0 aromatic heterocycles. The van der Waals surface area contributed by atoms with Crippen molar-refractivity contribution in [2.24, 2.45) is 0 Å². The number of halogens is 1. The fraction of sp³-hybridized carbons (Fsp3) is 0.562. The lowest BCUT2D eigenvalue weighted by Crippen LogP contribution is -2.51. The van der Waals surface area contributed by atoms with Crippen molar-refractivity contribution >= 4 is 17.5 Å². The van der Waals surface area contributed by atoms with Gasteiger partial charge in [0.25, 0.3) is 0 Å². The highest BCUT2D eigenvalue weighted by Gasteiger charge is 2.33. The summed E-state index contributed by atoms with van der Waals surface area (Å²) in [5.74, 6) is 0.586. The van der Waals surface area contributed by atoms with Gasteiger partial charge in [0.2, 0.25) is 5.91 Å². The number of rotatable bonds is 5. The molecule has 1 atom stereocenters. The molecule has 1 aliphatic carbocycles. The first-order chi connectivity index (χ1) is 9.47. The summed E-state index contributed by atoms with van der Waals surface area (Å²) in [7, 11) is 0. The van der Waals surface area contributed by atoms with Crippen molar-refractivity contribution in [1.82, 2.24) is 10.6 Å². The number of hydrogen-bond acceptors (Lipinski definition) is 2. The van der Waals surface area contributed by atoms with Crippen molar-refractivity contribution in [1.29, 1.82) is 0 Å². The zero-order valence-electron chi connectivity index (χ0n) is 12.3. The van der Waals surface area contributed by atoms with Gasteiger partial charge in [-0.25, -0.2) is 0 Å². The molecule has 1 aliphatic rings. The normalized spacial score (nSPS) is 23.2. The Morgan fingerprint density at radius 2 is 1.90 bits per heavy atom. The maximum Gasteiger partial charge on any atom is 0.237 e. The molecule has 2 rings (SSSR count). The van der Waals surface area contributed by atoms with E-state index in [1.807, 2.05) is 39.0 Å². The van der Waals surface area contributed by atoms with E-state index in [9.17, 15) is 4.79 Å². The lowest BCUT2D eigenvalue weighted by Gasteiger charge is -2.38. The molecule has 0 aliphatic heterocycles. The highest BCUT2D eigenvalue weighted by molar-refractivity contribution is 6.31. The maximum atomic E-state index is 11.8. The summed E-state index contributed by atoms with van der Waals surface area (Å²) >= 11 is 6.21. The van der Waals surface area contributed by atoms with E-state index in [1.54, 1.807) is 0 Å². The van der Waals surface area contributed by atoms with Gasteiger partial charge in [0.15, 0.2) is 0 Å². The van der Waals surface area contributed by atoms with Crippen LogP contribution in [0.2, 0.25) is 5.02 Å². The number of amides is 1. The molecule has 2 N–H and O–H groups in total. The standard InChI is InChI=1S/C16H23ClN2O/c1-10(2)18-16(20)11(3)19-13-8-12(9-13)14-6-4-5-7-15(14)17/h4-7,10-13,19H,8-9H2,1-3H3,(H,18,20). The summed E-state index contributed by atoms with van der Waals surface area (Å²) in [6, 6.07) is 8.47. The smallest absolute Gasteiger partial charge is 0.237 e. The van der Waals surface area contributed by atoms with Gasteiger partial charge in [-0.15, -0.1) is 0 Å². The third kappa shape index (κ3) is 3.74. The summed E-state index contributed by atoms with van der Waals surface area (Å²) in [4.78, 5) is 11.8. The molecule has 1 aromatic carbocycles. The summed E-state index contributed by atoms with van der Waals surface area (Å²) in [6.07, 6.45) is 2.09. The summed E-state index contributed by atoms with van der Waals surface area (Å²) in [6.45, 7) is 5.86. The molecule has 3 nitrogen and oxygen atoms in total. The first kappa shape index (κ1) is 15.3. The van der Waals surface area contributed by atoms with Crippen molar-refractivity contribution in [2.75, 3.05) is 0 Å². The predicted molar refractivity (Wildman–Crippen MR) is 83.1 cm³/mol. The Morgan fingerprint density at radius 1 is 1.25 bits per heavy atom. The van der Waals surface area contributed by atoms with Crippen molar-refractivity contribution in [3.63, 3.8) is 0 Å². The number of nitrogens with one attached hydrogen (secondary N) is 2.